The van der Waals surface area contributed by atoms with Crippen LogP contribution in [0.2, 0.25) is 0 Å². The van der Waals surface area contributed by atoms with Crippen LogP contribution in [0.1, 0.15) is 31.2 Å². The zero-order valence-corrected chi connectivity index (χ0v) is 14.2. The molecule has 0 unspecified atom stereocenters. The molecule has 0 aliphatic carbocycles. The van der Waals surface area contributed by atoms with Gasteiger partial charge in [0, 0.05) is 30.6 Å². The zero-order valence-electron chi connectivity index (χ0n) is 13.4. The first kappa shape index (κ1) is 17.0. The second kappa shape index (κ2) is 8.97. The van der Waals surface area contributed by atoms with Crippen molar-refractivity contribution in [1.82, 2.24) is 15.5 Å². The fourth-order valence-electron chi connectivity index (χ4n) is 1.67. The average molecular weight is 296 g/mol. The molecule has 1 aromatic heterocycles. The van der Waals surface area contributed by atoms with Crippen molar-refractivity contribution in [3.05, 3.63) is 21.9 Å². The number of thiophene rings is 1. The summed E-state index contributed by atoms with van der Waals surface area (Å²) in [4.78, 5) is 8.30. The Bertz CT molecular complexity index is 412. The van der Waals surface area contributed by atoms with E-state index in [1.54, 1.807) is 11.3 Å². The third kappa shape index (κ3) is 5.92. The summed E-state index contributed by atoms with van der Waals surface area (Å²) in [6.45, 7) is 12.2. The Balaban J connectivity index is 2.45. The molecule has 0 amide bonds. The molecule has 2 N–H and O–H groups in total. The lowest BCUT2D eigenvalue weighted by atomic mass is 10.3. The molecule has 4 nitrogen and oxygen atoms in total. The molecule has 20 heavy (non-hydrogen) atoms. The predicted molar refractivity (Wildman–Crippen MR) is 89.6 cm³/mol. The van der Waals surface area contributed by atoms with Gasteiger partial charge in [-0.15, -0.1) is 11.3 Å². The van der Waals surface area contributed by atoms with Gasteiger partial charge in [-0.2, -0.15) is 0 Å². The van der Waals surface area contributed by atoms with E-state index in [9.17, 15) is 0 Å². The van der Waals surface area contributed by atoms with Gasteiger partial charge < -0.3 is 15.5 Å². The van der Waals surface area contributed by atoms with Crippen LogP contribution in [0.4, 0.5) is 0 Å². The summed E-state index contributed by atoms with van der Waals surface area (Å²) in [5, 5.41) is 8.81. The highest BCUT2D eigenvalue weighted by molar-refractivity contribution is 7.10. The summed E-state index contributed by atoms with van der Waals surface area (Å²) >= 11 is 1.77. The fraction of sp³-hybridized carbons (Fsp3) is 0.667. The molecule has 0 saturated carbocycles. The number of rotatable bonds is 7. The van der Waals surface area contributed by atoms with Crippen LogP contribution in [0.3, 0.4) is 0 Å². The van der Waals surface area contributed by atoms with Crippen LogP contribution in [0, 0.1) is 6.92 Å². The lowest BCUT2D eigenvalue weighted by Crippen LogP contribution is -2.42. The van der Waals surface area contributed by atoms with Crippen LogP contribution in [-0.4, -0.2) is 43.6 Å². The summed E-state index contributed by atoms with van der Waals surface area (Å²) in [6, 6.07) is 2.72. The van der Waals surface area contributed by atoms with Gasteiger partial charge in [-0.25, -0.2) is 4.99 Å². The van der Waals surface area contributed by atoms with E-state index >= 15 is 0 Å². The second-order valence-corrected chi connectivity index (χ2v) is 6.22. The molecule has 0 aliphatic heterocycles. The summed E-state index contributed by atoms with van der Waals surface area (Å²) < 4.78 is 0. The molecule has 0 spiro atoms. The van der Waals surface area contributed by atoms with Gasteiger partial charge in [0.25, 0.3) is 0 Å². The minimum atomic E-state index is 0.574. The van der Waals surface area contributed by atoms with Crippen molar-refractivity contribution < 1.29 is 0 Å². The van der Waals surface area contributed by atoms with Gasteiger partial charge in [-0.1, -0.05) is 0 Å². The summed E-state index contributed by atoms with van der Waals surface area (Å²) in [5.74, 6) is 0.900. The maximum atomic E-state index is 4.64. The molecule has 0 aliphatic rings. The SMILES string of the molecule is CCNC(=NCc1sccc1C)NCCN(C)C(C)C. The molecule has 1 aromatic rings. The Kier molecular flexibility index (Phi) is 7.62. The fourth-order valence-corrected chi connectivity index (χ4v) is 2.50. The molecule has 0 radical (unpaired) electrons. The molecule has 114 valence electrons. The van der Waals surface area contributed by atoms with Crippen LogP contribution in [-0.2, 0) is 6.54 Å². The number of guanidine groups is 1. The smallest absolute Gasteiger partial charge is 0.191 e. The Labute approximate surface area is 127 Å². The Morgan fingerprint density at radius 1 is 1.40 bits per heavy atom. The van der Waals surface area contributed by atoms with E-state index in [0.717, 1.165) is 32.1 Å². The van der Waals surface area contributed by atoms with Gasteiger partial charge in [0.1, 0.15) is 0 Å². The zero-order chi connectivity index (χ0) is 15.0. The number of aliphatic imine (C=N–C) groups is 1. The largest absolute Gasteiger partial charge is 0.357 e. The van der Waals surface area contributed by atoms with Gasteiger partial charge >= 0.3 is 0 Å². The second-order valence-electron chi connectivity index (χ2n) is 5.22. The van der Waals surface area contributed by atoms with Crippen molar-refractivity contribution in [2.45, 2.75) is 40.3 Å². The highest BCUT2D eigenvalue weighted by Gasteiger charge is 2.04. The summed E-state index contributed by atoms with van der Waals surface area (Å²) in [6.07, 6.45) is 0. The number of nitrogens with zero attached hydrogens (tertiary/aromatic N) is 2. The van der Waals surface area contributed by atoms with E-state index in [1.165, 1.54) is 10.4 Å². The van der Waals surface area contributed by atoms with E-state index < -0.39 is 0 Å². The minimum Gasteiger partial charge on any atom is -0.357 e. The summed E-state index contributed by atoms with van der Waals surface area (Å²) in [5.41, 5.74) is 1.33. The molecule has 0 fully saturated rings. The van der Waals surface area contributed by atoms with Crippen LogP contribution in [0.25, 0.3) is 0 Å². The van der Waals surface area contributed by atoms with E-state index in [-0.39, 0.29) is 0 Å². The maximum absolute atomic E-state index is 4.64. The van der Waals surface area contributed by atoms with Crippen molar-refractivity contribution in [3.8, 4) is 0 Å². The Morgan fingerprint density at radius 2 is 2.15 bits per heavy atom. The van der Waals surface area contributed by atoms with Gasteiger partial charge in [0.2, 0.25) is 0 Å². The van der Waals surface area contributed by atoms with Crippen molar-refractivity contribution >= 4 is 17.3 Å². The van der Waals surface area contributed by atoms with Crippen LogP contribution in [0.15, 0.2) is 16.4 Å². The lowest BCUT2D eigenvalue weighted by molar-refractivity contribution is 0.278. The highest BCUT2D eigenvalue weighted by Crippen LogP contribution is 2.16. The third-order valence-electron chi connectivity index (χ3n) is 3.33. The van der Waals surface area contributed by atoms with Crippen molar-refractivity contribution in [1.29, 1.82) is 0 Å². The lowest BCUT2D eigenvalue weighted by Gasteiger charge is -2.21. The van der Waals surface area contributed by atoms with Crippen molar-refractivity contribution in [3.63, 3.8) is 0 Å². The summed E-state index contributed by atoms with van der Waals surface area (Å²) in [7, 11) is 2.14. The van der Waals surface area contributed by atoms with E-state index in [1.807, 2.05) is 0 Å². The first-order chi connectivity index (χ1) is 9.54. The number of likely N-dealkylation sites (N-methyl/N-ethyl adjacent to an activating group) is 1. The first-order valence-corrected chi connectivity index (χ1v) is 8.18. The Morgan fingerprint density at radius 3 is 2.70 bits per heavy atom. The normalized spacial score (nSPS) is 12.2. The van der Waals surface area contributed by atoms with Crippen LogP contribution >= 0.6 is 11.3 Å². The predicted octanol–water partition coefficient (Wildman–Crippen LogP) is 2.45. The van der Waals surface area contributed by atoms with Crippen LogP contribution < -0.4 is 10.6 Å². The molecule has 0 bridgehead atoms. The number of nitrogens with one attached hydrogen (secondary N) is 2. The molecule has 0 atom stereocenters. The first-order valence-electron chi connectivity index (χ1n) is 7.30. The van der Waals surface area contributed by atoms with Gasteiger partial charge in [-0.3, -0.25) is 0 Å². The monoisotopic (exact) mass is 296 g/mol. The third-order valence-corrected chi connectivity index (χ3v) is 4.34. The molecular formula is C15H28N4S. The maximum Gasteiger partial charge on any atom is 0.191 e. The van der Waals surface area contributed by atoms with E-state index in [2.05, 4.69) is 66.7 Å². The van der Waals surface area contributed by atoms with Gasteiger partial charge in [0.15, 0.2) is 5.96 Å². The molecule has 1 heterocycles. The van der Waals surface area contributed by atoms with Gasteiger partial charge in [0.05, 0.1) is 6.54 Å². The van der Waals surface area contributed by atoms with E-state index in [0.29, 0.717) is 6.04 Å². The quantitative estimate of drug-likeness (QED) is 0.600. The highest BCUT2D eigenvalue weighted by atomic mass is 32.1. The van der Waals surface area contributed by atoms with Gasteiger partial charge in [-0.05, 0) is 51.8 Å². The number of aryl methyl sites for hydroxylation is 1. The molecule has 0 saturated heterocycles. The number of hydrogen-bond acceptors (Lipinski definition) is 3. The number of hydrogen-bond donors (Lipinski definition) is 2. The molecular weight excluding hydrogens is 268 g/mol. The van der Waals surface area contributed by atoms with Crippen molar-refractivity contribution in [2.75, 3.05) is 26.7 Å². The molecule has 5 heteroatoms. The topological polar surface area (TPSA) is 39.7 Å². The van der Waals surface area contributed by atoms with E-state index in [4.69, 9.17) is 0 Å². The Hall–Kier alpha value is -1.07. The van der Waals surface area contributed by atoms with Crippen molar-refractivity contribution in [2.24, 2.45) is 4.99 Å². The average Bonchev–Trinajstić information content (AvgIpc) is 2.81. The standard InChI is InChI=1S/C15H28N4S/c1-6-16-15(17-8-9-19(5)12(2)3)18-11-14-13(4)7-10-20-14/h7,10,12H,6,8-9,11H2,1-5H3,(H2,16,17,18). The van der Waals surface area contributed by atoms with Crippen LogP contribution in [0.5, 0.6) is 0 Å². The minimum absolute atomic E-state index is 0.574. The molecule has 0 aromatic carbocycles. The molecule has 1 rings (SSSR count).